The summed E-state index contributed by atoms with van der Waals surface area (Å²) in [5.74, 6) is -0.111. The number of carbonyl (C=O) groups is 1. The van der Waals surface area contributed by atoms with Gasteiger partial charge in [-0.2, -0.15) is 11.3 Å². The number of morpholine rings is 1. The van der Waals surface area contributed by atoms with Gasteiger partial charge in [0, 0.05) is 31.6 Å². The van der Waals surface area contributed by atoms with Crippen molar-refractivity contribution < 1.29 is 14.6 Å². The van der Waals surface area contributed by atoms with Crippen LogP contribution >= 0.6 is 11.3 Å². The number of nitrogens with zero attached hydrogens (tertiary/aromatic N) is 1. The first kappa shape index (κ1) is 14.5. The molecule has 0 radical (unpaired) electrons. The van der Waals surface area contributed by atoms with Crippen LogP contribution in [0.3, 0.4) is 0 Å². The van der Waals surface area contributed by atoms with Gasteiger partial charge in [0.25, 0.3) is 5.91 Å². The van der Waals surface area contributed by atoms with Crippen molar-refractivity contribution in [1.29, 1.82) is 0 Å². The molecule has 0 bridgehead atoms. The van der Waals surface area contributed by atoms with Crippen LogP contribution in [0.5, 0.6) is 0 Å². The van der Waals surface area contributed by atoms with E-state index in [1.807, 2.05) is 17.7 Å². The molecule has 5 nitrogen and oxygen atoms in total. The SMILES string of the molecule is Cc1cscc1C(=O)NCC(O)CN1CCOCC1. The standard InChI is InChI=1S/C13H20N2O3S/c1-10-8-19-9-12(10)13(17)14-6-11(16)7-15-2-4-18-5-3-15/h8-9,11,16H,2-7H2,1H3,(H,14,17). The summed E-state index contributed by atoms with van der Waals surface area (Å²) in [6.45, 7) is 5.89. The molecule has 1 amide bonds. The van der Waals surface area contributed by atoms with Crippen LogP contribution in [-0.4, -0.2) is 61.4 Å². The van der Waals surface area contributed by atoms with Crippen LogP contribution in [-0.2, 0) is 4.74 Å². The Morgan fingerprint density at radius 1 is 1.53 bits per heavy atom. The lowest BCUT2D eigenvalue weighted by Gasteiger charge is -2.28. The largest absolute Gasteiger partial charge is 0.390 e. The van der Waals surface area contributed by atoms with Crippen LogP contribution in [0.4, 0.5) is 0 Å². The van der Waals surface area contributed by atoms with Crippen molar-refractivity contribution in [2.75, 3.05) is 39.4 Å². The second-order valence-corrected chi connectivity index (χ2v) is 5.49. The minimum atomic E-state index is -0.541. The number of aliphatic hydroxyl groups is 1. The van der Waals surface area contributed by atoms with Crippen molar-refractivity contribution in [3.8, 4) is 0 Å². The number of amides is 1. The summed E-state index contributed by atoms with van der Waals surface area (Å²) in [6, 6.07) is 0. The second-order valence-electron chi connectivity index (χ2n) is 4.75. The molecule has 2 heterocycles. The molecule has 2 rings (SSSR count). The van der Waals surface area contributed by atoms with E-state index in [1.54, 1.807) is 0 Å². The summed E-state index contributed by atoms with van der Waals surface area (Å²) in [5, 5.41) is 16.5. The minimum absolute atomic E-state index is 0.111. The zero-order valence-corrected chi connectivity index (χ0v) is 11.9. The average molecular weight is 284 g/mol. The van der Waals surface area contributed by atoms with E-state index in [2.05, 4.69) is 10.2 Å². The number of hydrogen-bond acceptors (Lipinski definition) is 5. The summed E-state index contributed by atoms with van der Waals surface area (Å²) >= 11 is 1.51. The van der Waals surface area contributed by atoms with Crippen molar-refractivity contribution >= 4 is 17.2 Å². The molecule has 2 N–H and O–H groups in total. The average Bonchev–Trinajstić information content (AvgIpc) is 2.83. The molecule has 106 valence electrons. The van der Waals surface area contributed by atoms with E-state index in [1.165, 1.54) is 11.3 Å². The van der Waals surface area contributed by atoms with E-state index >= 15 is 0 Å². The Bertz CT molecular complexity index is 416. The lowest BCUT2D eigenvalue weighted by molar-refractivity contribution is 0.0149. The molecule has 1 saturated heterocycles. The van der Waals surface area contributed by atoms with Crippen LogP contribution in [0.15, 0.2) is 10.8 Å². The smallest absolute Gasteiger partial charge is 0.252 e. The second kappa shape index (κ2) is 7.00. The van der Waals surface area contributed by atoms with E-state index in [0.29, 0.717) is 25.3 Å². The fraction of sp³-hybridized carbons (Fsp3) is 0.615. The maximum absolute atomic E-state index is 11.9. The summed E-state index contributed by atoms with van der Waals surface area (Å²) in [5.41, 5.74) is 1.67. The molecule has 1 aliphatic heterocycles. The third-order valence-corrected chi connectivity index (χ3v) is 4.03. The molecule has 1 aromatic heterocycles. The van der Waals surface area contributed by atoms with Crippen LogP contribution in [0, 0.1) is 6.92 Å². The number of rotatable bonds is 5. The van der Waals surface area contributed by atoms with Gasteiger partial charge in [-0.1, -0.05) is 0 Å². The fourth-order valence-electron chi connectivity index (χ4n) is 2.05. The Balaban J connectivity index is 1.72. The summed E-state index contributed by atoms with van der Waals surface area (Å²) in [7, 11) is 0. The number of hydrogen-bond donors (Lipinski definition) is 2. The van der Waals surface area contributed by atoms with Crippen molar-refractivity contribution in [2.45, 2.75) is 13.0 Å². The quantitative estimate of drug-likeness (QED) is 0.825. The predicted octanol–water partition coefficient (Wildman–Crippen LogP) is 0.479. The number of β-amino-alcohol motifs (C(OH)–C–C–N with tert-alkyl or cyclic N) is 1. The molecule has 1 unspecified atom stereocenters. The van der Waals surface area contributed by atoms with E-state index in [9.17, 15) is 9.90 Å². The van der Waals surface area contributed by atoms with Gasteiger partial charge in [0.15, 0.2) is 0 Å². The van der Waals surface area contributed by atoms with E-state index in [0.717, 1.165) is 18.7 Å². The fourth-order valence-corrected chi connectivity index (χ4v) is 2.87. The number of aryl methyl sites for hydroxylation is 1. The van der Waals surface area contributed by atoms with Crippen molar-refractivity contribution in [3.63, 3.8) is 0 Å². The molecule has 0 aromatic carbocycles. The van der Waals surface area contributed by atoms with Crippen molar-refractivity contribution in [2.24, 2.45) is 0 Å². The normalized spacial score (nSPS) is 18.2. The van der Waals surface area contributed by atoms with Crippen molar-refractivity contribution in [1.82, 2.24) is 10.2 Å². The number of ether oxygens (including phenoxy) is 1. The minimum Gasteiger partial charge on any atom is -0.390 e. The Labute approximate surface area is 117 Å². The summed E-state index contributed by atoms with van der Waals surface area (Å²) in [6.07, 6.45) is -0.541. The van der Waals surface area contributed by atoms with Gasteiger partial charge in [-0.3, -0.25) is 9.69 Å². The van der Waals surface area contributed by atoms with Gasteiger partial charge in [0.2, 0.25) is 0 Å². The molecule has 0 spiro atoms. The van der Waals surface area contributed by atoms with Crippen LogP contribution in [0.2, 0.25) is 0 Å². The van der Waals surface area contributed by atoms with Gasteiger partial charge in [-0.25, -0.2) is 0 Å². The topological polar surface area (TPSA) is 61.8 Å². The van der Waals surface area contributed by atoms with E-state index in [-0.39, 0.29) is 12.5 Å². The Hall–Kier alpha value is -0.950. The molecule has 19 heavy (non-hydrogen) atoms. The maximum Gasteiger partial charge on any atom is 0.252 e. The van der Waals surface area contributed by atoms with Crippen LogP contribution in [0.25, 0.3) is 0 Å². The zero-order valence-electron chi connectivity index (χ0n) is 11.1. The van der Waals surface area contributed by atoms with Gasteiger partial charge >= 0.3 is 0 Å². The molecule has 1 atom stereocenters. The van der Waals surface area contributed by atoms with Gasteiger partial charge in [-0.15, -0.1) is 0 Å². The highest BCUT2D eigenvalue weighted by molar-refractivity contribution is 7.08. The highest BCUT2D eigenvalue weighted by Gasteiger charge is 2.16. The highest BCUT2D eigenvalue weighted by Crippen LogP contribution is 2.13. The number of aliphatic hydroxyl groups excluding tert-OH is 1. The van der Waals surface area contributed by atoms with E-state index < -0.39 is 6.10 Å². The van der Waals surface area contributed by atoms with Gasteiger partial charge in [0.05, 0.1) is 24.9 Å². The summed E-state index contributed by atoms with van der Waals surface area (Å²) in [4.78, 5) is 14.0. The van der Waals surface area contributed by atoms with Crippen molar-refractivity contribution in [3.05, 3.63) is 21.9 Å². The highest BCUT2D eigenvalue weighted by atomic mass is 32.1. The number of nitrogens with one attached hydrogen (secondary N) is 1. The maximum atomic E-state index is 11.9. The van der Waals surface area contributed by atoms with Gasteiger partial charge < -0.3 is 15.2 Å². The third kappa shape index (κ3) is 4.28. The Morgan fingerprint density at radius 2 is 2.26 bits per heavy atom. The first-order valence-electron chi connectivity index (χ1n) is 6.46. The monoisotopic (exact) mass is 284 g/mol. The number of thiophene rings is 1. The van der Waals surface area contributed by atoms with Crippen LogP contribution in [0.1, 0.15) is 15.9 Å². The van der Waals surface area contributed by atoms with Crippen LogP contribution < -0.4 is 5.32 Å². The van der Waals surface area contributed by atoms with E-state index in [4.69, 9.17) is 4.74 Å². The molecule has 1 aliphatic rings. The molecule has 6 heteroatoms. The lowest BCUT2D eigenvalue weighted by atomic mass is 10.2. The molecule has 1 fully saturated rings. The Morgan fingerprint density at radius 3 is 2.89 bits per heavy atom. The molecule has 0 aliphatic carbocycles. The summed E-state index contributed by atoms with van der Waals surface area (Å²) < 4.78 is 5.25. The molecule has 1 aromatic rings. The molecular weight excluding hydrogens is 264 g/mol. The zero-order chi connectivity index (χ0) is 13.7. The molecular formula is C13H20N2O3S. The number of carbonyl (C=O) groups excluding carboxylic acids is 1. The lowest BCUT2D eigenvalue weighted by Crippen LogP contribution is -2.44. The third-order valence-electron chi connectivity index (χ3n) is 3.17. The van der Waals surface area contributed by atoms with Gasteiger partial charge in [0.1, 0.15) is 0 Å². The van der Waals surface area contributed by atoms with Gasteiger partial charge in [-0.05, 0) is 17.9 Å². The first-order chi connectivity index (χ1) is 9.16. The molecule has 0 saturated carbocycles. The predicted molar refractivity (Wildman–Crippen MR) is 74.7 cm³/mol. The Kier molecular flexibility index (Phi) is 5.33. The first-order valence-corrected chi connectivity index (χ1v) is 7.40.